The van der Waals surface area contributed by atoms with E-state index in [1.165, 1.54) is 0 Å². The molecule has 0 atom stereocenters. The first-order chi connectivity index (χ1) is 6.66. The summed E-state index contributed by atoms with van der Waals surface area (Å²) in [6, 6.07) is 3.18. The Labute approximate surface area is 85.0 Å². The van der Waals surface area contributed by atoms with Gasteiger partial charge >= 0.3 is 5.97 Å². The van der Waals surface area contributed by atoms with Crippen molar-refractivity contribution in [1.82, 2.24) is 0 Å². The van der Waals surface area contributed by atoms with E-state index in [-0.39, 0.29) is 13.2 Å². The van der Waals surface area contributed by atoms with Gasteiger partial charge in [0.1, 0.15) is 0 Å². The fourth-order valence-electron chi connectivity index (χ4n) is 1.34. The molecule has 0 radical (unpaired) electrons. The van der Waals surface area contributed by atoms with Gasteiger partial charge in [0.2, 0.25) is 6.79 Å². The molecule has 14 heavy (non-hydrogen) atoms. The van der Waals surface area contributed by atoms with E-state index in [9.17, 15) is 4.79 Å². The maximum atomic E-state index is 10.5. The summed E-state index contributed by atoms with van der Waals surface area (Å²) in [5, 5.41) is 9.10. The normalized spacial score (nSPS) is 12.9. The molecule has 0 amide bonds. The van der Waals surface area contributed by atoms with Gasteiger partial charge in [-0.15, -0.1) is 0 Å². The van der Waals surface area contributed by atoms with Crippen LogP contribution in [-0.4, -0.2) is 17.9 Å². The zero-order valence-corrected chi connectivity index (χ0v) is 7.87. The first-order valence-electron chi connectivity index (χ1n) is 3.96. The maximum absolute atomic E-state index is 10.5. The Kier molecular flexibility index (Phi) is 2.21. The predicted molar refractivity (Wildman–Crippen MR) is 48.9 cm³/mol. The molecule has 0 unspecified atom stereocenters. The number of carbonyl (C=O) groups is 1. The van der Waals surface area contributed by atoms with E-state index < -0.39 is 5.97 Å². The van der Waals surface area contributed by atoms with Crippen LogP contribution in [0.15, 0.2) is 12.1 Å². The average molecular weight is 215 g/mol. The molecule has 0 aromatic heterocycles. The minimum atomic E-state index is -0.926. The zero-order chi connectivity index (χ0) is 10.1. The molecule has 1 aromatic rings. The van der Waals surface area contributed by atoms with E-state index >= 15 is 0 Å². The first kappa shape index (κ1) is 9.15. The Balaban J connectivity index is 2.43. The number of hydrogen-bond donors (Lipinski definition) is 1. The maximum Gasteiger partial charge on any atom is 0.307 e. The summed E-state index contributed by atoms with van der Waals surface area (Å²) in [7, 11) is 0. The van der Waals surface area contributed by atoms with E-state index in [4.69, 9.17) is 26.2 Å². The summed E-state index contributed by atoms with van der Waals surface area (Å²) in [5.41, 5.74) is 0.539. The van der Waals surface area contributed by atoms with Crippen LogP contribution in [-0.2, 0) is 11.2 Å². The lowest BCUT2D eigenvalue weighted by Gasteiger charge is -2.03. The van der Waals surface area contributed by atoms with Crippen LogP contribution in [0.4, 0.5) is 0 Å². The monoisotopic (exact) mass is 214 g/mol. The second-order valence-electron chi connectivity index (χ2n) is 2.87. The topological polar surface area (TPSA) is 55.8 Å². The molecule has 4 nitrogen and oxygen atoms in total. The van der Waals surface area contributed by atoms with Crippen LogP contribution in [0.25, 0.3) is 0 Å². The number of aliphatic carboxylic acids is 1. The van der Waals surface area contributed by atoms with Crippen molar-refractivity contribution in [2.24, 2.45) is 0 Å². The van der Waals surface area contributed by atoms with Crippen LogP contribution >= 0.6 is 11.6 Å². The Morgan fingerprint density at radius 3 is 3.00 bits per heavy atom. The predicted octanol–water partition coefficient (Wildman–Crippen LogP) is 1.70. The van der Waals surface area contributed by atoms with Gasteiger partial charge in [0.15, 0.2) is 11.5 Å². The van der Waals surface area contributed by atoms with Crippen LogP contribution in [0, 0.1) is 0 Å². The number of rotatable bonds is 2. The molecule has 0 spiro atoms. The largest absolute Gasteiger partial charge is 0.481 e. The third kappa shape index (κ3) is 1.61. The number of halogens is 1. The van der Waals surface area contributed by atoms with Gasteiger partial charge in [-0.25, -0.2) is 0 Å². The lowest BCUT2D eigenvalue weighted by molar-refractivity contribution is -0.136. The second kappa shape index (κ2) is 3.38. The summed E-state index contributed by atoms with van der Waals surface area (Å²) < 4.78 is 10.2. The van der Waals surface area contributed by atoms with Gasteiger partial charge in [-0.2, -0.15) is 0 Å². The average Bonchev–Trinajstić information content (AvgIpc) is 2.50. The van der Waals surface area contributed by atoms with E-state index in [1.54, 1.807) is 12.1 Å². The van der Waals surface area contributed by atoms with Crippen LogP contribution in [0.1, 0.15) is 5.56 Å². The SMILES string of the molecule is O=C(O)Cc1cc(Cl)cc2c1OCO2. The van der Waals surface area contributed by atoms with Gasteiger partial charge in [0.05, 0.1) is 6.42 Å². The summed E-state index contributed by atoms with van der Waals surface area (Å²) in [6.07, 6.45) is -0.119. The summed E-state index contributed by atoms with van der Waals surface area (Å²) in [5.74, 6) is 0.0653. The quantitative estimate of drug-likeness (QED) is 0.814. The highest BCUT2D eigenvalue weighted by atomic mass is 35.5. The van der Waals surface area contributed by atoms with Crippen LogP contribution in [0.3, 0.4) is 0 Å². The number of carboxylic acids is 1. The van der Waals surface area contributed by atoms with Crippen molar-refractivity contribution in [2.75, 3.05) is 6.79 Å². The van der Waals surface area contributed by atoms with Crippen molar-refractivity contribution in [2.45, 2.75) is 6.42 Å². The van der Waals surface area contributed by atoms with Crippen molar-refractivity contribution in [1.29, 1.82) is 0 Å². The lowest BCUT2D eigenvalue weighted by Crippen LogP contribution is -2.01. The molecule has 0 saturated carbocycles. The van der Waals surface area contributed by atoms with Gasteiger partial charge in [-0.1, -0.05) is 11.6 Å². The summed E-state index contributed by atoms with van der Waals surface area (Å²) >= 11 is 5.78. The minimum Gasteiger partial charge on any atom is -0.481 e. The standard InChI is InChI=1S/C9H7ClO4/c10-6-1-5(2-8(11)12)9-7(3-6)13-4-14-9/h1,3H,2,4H2,(H,11,12). The third-order valence-electron chi connectivity index (χ3n) is 1.86. The fourth-order valence-corrected chi connectivity index (χ4v) is 1.57. The van der Waals surface area contributed by atoms with Gasteiger partial charge < -0.3 is 14.6 Å². The van der Waals surface area contributed by atoms with Crippen LogP contribution in [0.2, 0.25) is 5.02 Å². The van der Waals surface area contributed by atoms with Crippen molar-refractivity contribution in [3.8, 4) is 11.5 Å². The second-order valence-corrected chi connectivity index (χ2v) is 3.31. The Hall–Kier alpha value is -1.42. The highest BCUT2D eigenvalue weighted by molar-refractivity contribution is 6.30. The molecular formula is C9H7ClO4. The number of benzene rings is 1. The van der Waals surface area contributed by atoms with E-state index in [2.05, 4.69) is 0 Å². The minimum absolute atomic E-state index is 0.113. The molecule has 5 heteroatoms. The van der Waals surface area contributed by atoms with E-state index in [0.29, 0.717) is 22.1 Å². The number of carboxylic acid groups (broad SMARTS) is 1. The van der Waals surface area contributed by atoms with Gasteiger partial charge in [-0.3, -0.25) is 4.79 Å². The molecule has 0 saturated heterocycles. The van der Waals surface area contributed by atoms with Crippen molar-refractivity contribution >= 4 is 17.6 Å². The third-order valence-corrected chi connectivity index (χ3v) is 2.07. The molecule has 0 fully saturated rings. The summed E-state index contributed by atoms with van der Waals surface area (Å²) in [6.45, 7) is 0.113. The van der Waals surface area contributed by atoms with Gasteiger partial charge in [0.25, 0.3) is 0 Å². The van der Waals surface area contributed by atoms with Crippen molar-refractivity contribution in [3.63, 3.8) is 0 Å². The Bertz CT molecular complexity index is 389. The van der Waals surface area contributed by atoms with Crippen LogP contribution < -0.4 is 9.47 Å². The Morgan fingerprint density at radius 2 is 2.29 bits per heavy atom. The van der Waals surface area contributed by atoms with E-state index in [0.717, 1.165) is 0 Å². The smallest absolute Gasteiger partial charge is 0.307 e. The van der Waals surface area contributed by atoms with Gasteiger partial charge in [0, 0.05) is 16.7 Å². The molecule has 1 heterocycles. The molecule has 1 N–H and O–H groups in total. The Morgan fingerprint density at radius 1 is 1.50 bits per heavy atom. The lowest BCUT2D eigenvalue weighted by atomic mass is 10.1. The number of fused-ring (bicyclic) bond motifs is 1. The molecule has 0 aliphatic carbocycles. The number of ether oxygens (including phenoxy) is 2. The van der Waals surface area contributed by atoms with Crippen LogP contribution in [0.5, 0.6) is 11.5 Å². The molecule has 2 rings (SSSR count). The van der Waals surface area contributed by atoms with E-state index in [1.807, 2.05) is 0 Å². The fraction of sp³-hybridized carbons (Fsp3) is 0.222. The van der Waals surface area contributed by atoms with Crippen molar-refractivity contribution < 1.29 is 19.4 Å². The molecular weight excluding hydrogens is 208 g/mol. The molecule has 1 aliphatic rings. The van der Waals surface area contributed by atoms with Gasteiger partial charge in [-0.05, 0) is 6.07 Å². The zero-order valence-electron chi connectivity index (χ0n) is 7.12. The highest BCUT2D eigenvalue weighted by Gasteiger charge is 2.20. The first-order valence-corrected chi connectivity index (χ1v) is 4.34. The molecule has 0 bridgehead atoms. The molecule has 74 valence electrons. The highest BCUT2D eigenvalue weighted by Crippen LogP contribution is 2.38. The molecule has 1 aliphatic heterocycles. The summed E-state index contributed by atoms with van der Waals surface area (Å²) in [4.78, 5) is 10.5. The number of hydrogen-bond acceptors (Lipinski definition) is 3. The molecule has 1 aromatic carbocycles. The van der Waals surface area contributed by atoms with Crippen molar-refractivity contribution in [3.05, 3.63) is 22.7 Å².